The van der Waals surface area contributed by atoms with E-state index in [9.17, 15) is 14.4 Å². The number of nitrogens with one attached hydrogen (secondary N) is 2. The highest BCUT2D eigenvalue weighted by molar-refractivity contribution is 9.10. The van der Waals surface area contributed by atoms with Gasteiger partial charge in [-0.2, -0.15) is 0 Å². The molecule has 0 bridgehead atoms. The molecule has 0 atom stereocenters. The van der Waals surface area contributed by atoms with Crippen LogP contribution in [0.1, 0.15) is 21.5 Å². The molecule has 36 heavy (non-hydrogen) atoms. The summed E-state index contributed by atoms with van der Waals surface area (Å²) in [5, 5.41) is 5.60. The molecule has 10 heteroatoms. The molecule has 0 radical (unpaired) electrons. The maximum absolute atomic E-state index is 13.2. The third-order valence-corrected chi connectivity index (χ3v) is 6.53. The van der Waals surface area contributed by atoms with Crippen molar-refractivity contribution in [2.75, 3.05) is 35.7 Å². The van der Waals surface area contributed by atoms with E-state index >= 15 is 0 Å². The van der Waals surface area contributed by atoms with Crippen LogP contribution in [0.4, 0.5) is 17.1 Å². The van der Waals surface area contributed by atoms with Gasteiger partial charge < -0.3 is 25.8 Å². The van der Waals surface area contributed by atoms with Crippen LogP contribution in [0.5, 0.6) is 0 Å². The van der Waals surface area contributed by atoms with Crippen LogP contribution in [0, 0.1) is 0 Å². The van der Waals surface area contributed by atoms with Crippen molar-refractivity contribution in [3.8, 4) is 0 Å². The number of nitrogen functional groups attached to an aromatic ring is 1. The van der Waals surface area contributed by atoms with Crippen LogP contribution in [-0.2, 0) is 31.4 Å². The summed E-state index contributed by atoms with van der Waals surface area (Å²) in [5.74, 6) is -2.54. The van der Waals surface area contributed by atoms with Crippen molar-refractivity contribution in [1.29, 1.82) is 0 Å². The Hall–Kier alpha value is -3.73. The molecule has 184 valence electrons. The topological polar surface area (TPSA) is 123 Å². The maximum Gasteiger partial charge on any atom is 0.293 e. The Morgan fingerprint density at radius 3 is 2.47 bits per heavy atom. The number of nitrogens with zero attached hydrogens (tertiary/aromatic N) is 1. The number of fused-ring (bicyclic) bond motifs is 2. The zero-order valence-electron chi connectivity index (χ0n) is 19.1. The summed E-state index contributed by atoms with van der Waals surface area (Å²) >= 11 is 3.42. The van der Waals surface area contributed by atoms with E-state index in [0.29, 0.717) is 41.4 Å². The number of anilines is 3. The summed E-state index contributed by atoms with van der Waals surface area (Å²) in [7, 11) is 0. The van der Waals surface area contributed by atoms with Crippen LogP contribution in [-0.4, -0.2) is 37.5 Å². The zero-order valence-corrected chi connectivity index (χ0v) is 20.7. The molecule has 1 spiro atoms. The van der Waals surface area contributed by atoms with Crippen LogP contribution >= 0.6 is 15.9 Å². The number of para-hydroxylation sites is 2. The summed E-state index contributed by atoms with van der Waals surface area (Å²) < 4.78 is 12.2. The molecule has 9 nitrogen and oxygen atoms in total. The van der Waals surface area contributed by atoms with Crippen molar-refractivity contribution >= 4 is 50.7 Å². The third-order valence-electron chi connectivity index (χ3n) is 6.04. The molecule has 0 aliphatic carbocycles. The molecule has 2 aliphatic rings. The number of halogens is 1. The number of hydrogen-bond acceptors (Lipinski definition) is 6. The SMILES string of the molecule is Nc1ccccc1NC(=O)c1ccc(CNC(=O)CN2C(=O)C3(OCCO3)c3cc(Br)ccc32)cc1. The highest BCUT2D eigenvalue weighted by Crippen LogP contribution is 2.46. The summed E-state index contributed by atoms with van der Waals surface area (Å²) in [6.45, 7) is 0.648. The van der Waals surface area contributed by atoms with Crippen molar-refractivity contribution in [3.63, 3.8) is 0 Å². The minimum absolute atomic E-state index is 0.180. The highest BCUT2D eigenvalue weighted by atomic mass is 79.9. The van der Waals surface area contributed by atoms with Crippen LogP contribution in [0.3, 0.4) is 0 Å². The Kier molecular flexibility index (Phi) is 6.48. The summed E-state index contributed by atoms with van der Waals surface area (Å²) in [6.07, 6.45) is 0. The van der Waals surface area contributed by atoms with Gasteiger partial charge in [0.2, 0.25) is 5.91 Å². The number of hydrogen-bond donors (Lipinski definition) is 3. The standard InChI is InChI=1S/C26H23BrN4O5/c27-18-9-10-22-19(13-18)26(35-11-12-36-26)25(34)31(22)15-23(32)29-14-16-5-7-17(8-6-16)24(33)30-21-4-2-1-3-20(21)28/h1-10,13H,11-12,14-15,28H2,(H,29,32)(H,30,33). The van der Waals surface area contributed by atoms with Gasteiger partial charge in [-0.25, -0.2) is 0 Å². The van der Waals surface area contributed by atoms with Crippen LogP contribution < -0.4 is 21.3 Å². The molecule has 0 unspecified atom stereocenters. The Bertz CT molecular complexity index is 1340. The van der Waals surface area contributed by atoms with E-state index in [-0.39, 0.29) is 24.9 Å². The van der Waals surface area contributed by atoms with E-state index in [1.54, 1.807) is 66.7 Å². The van der Waals surface area contributed by atoms with Crippen molar-refractivity contribution < 1.29 is 23.9 Å². The molecule has 1 saturated heterocycles. The summed E-state index contributed by atoms with van der Waals surface area (Å²) in [5.41, 5.74) is 9.32. The Morgan fingerprint density at radius 1 is 1.03 bits per heavy atom. The maximum atomic E-state index is 13.2. The minimum Gasteiger partial charge on any atom is -0.397 e. The van der Waals surface area contributed by atoms with E-state index in [1.165, 1.54) is 4.90 Å². The lowest BCUT2D eigenvalue weighted by Crippen LogP contribution is -2.45. The molecule has 0 saturated carbocycles. The van der Waals surface area contributed by atoms with Gasteiger partial charge in [0.05, 0.1) is 30.3 Å². The smallest absolute Gasteiger partial charge is 0.293 e. The normalized spacial score (nSPS) is 15.7. The lowest BCUT2D eigenvalue weighted by Gasteiger charge is -2.21. The summed E-state index contributed by atoms with van der Waals surface area (Å²) in [6, 6.07) is 19.2. The first-order chi connectivity index (χ1) is 17.4. The number of ether oxygens (including phenoxy) is 2. The summed E-state index contributed by atoms with van der Waals surface area (Å²) in [4.78, 5) is 39.8. The van der Waals surface area contributed by atoms with E-state index < -0.39 is 11.7 Å². The largest absolute Gasteiger partial charge is 0.397 e. The van der Waals surface area contributed by atoms with E-state index in [2.05, 4.69) is 26.6 Å². The van der Waals surface area contributed by atoms with Gasteiger partial charge in [-0.15, -0.1) is 0 Å². The van der Waals surface area contributed by atoms with Gasteiger partial charge in [0.1, 0.15) is 6.54 Å². The number of nitrogens with two attached hydrogens (primary N) is 1. The van der Waals surface area contributed by atoms with Gasteiger partial charge >= 0.3 is 0 Å². The Balaban J connectivity index is 1.21. The molecule has 2 heterocycles. The fourth-order valence-electron chi connectivity index (χ4n) is 4.24. The van der Waals surface area contributed by atoms with E-state index in [4.69, 9.17) is 15.2 Å². The molecule has 3 aromatic rings. The molecular weight excluding hydrogens is 528 g/mol. The molecule has 3 aromatic carbocycles. The molecule has 1 fully saturated rings. The highest BCUT2D eigenvalue weighted by Gasteiger charge is 2.56. The first-order valence-electron chi connectivity index (χ1n) is 11.3. The third kappa shape index (κ3) is 4.46. The van der Waals surface area contributed by atoms with Gasteiger partial charge in [-0.3, -0.25) is 19.3 Å². The van der Waals surface area contributed by atoms with E-state index in [0.717, 1.165) is 10.0 Å². The second-order valence-corrected chi connectivity index (χ2v) is 9.30. The van der Waals surface area contributed by atoms with Gasteiger partial charge in [0.25, 0.3) is 17.6 Å². The van der Waals surface area contributed by atoms with Crippen molar-refractivity contribution in [3.05, 3.63) is 87.9 Å². The lowest BCUT2D eigenvalue weighted by atomic mass is 10.1. The van der Waals surface area contributed by atoms with Crippen molar-refractivity contribution in [2.24, 2.45) is 0 Å². The Labute approximate surface area is 215 Å². The fraction of sp³-hybridized carbons (Fsp3) is 0.192. The monoisotopic (exact) mass is 550 g/mol. The number of rotatable bonds is 6. The molecule has 0 aromatic heterocycles. The molecule has 2 aliphatic heterocycles. The van der Waals surface area contributed by atoms with Crippen molar-refractivity contribution in [1.82, 2.24) is 5.32 Å². The van der Waals surface area contributed by atoms with E-state index in [1.807, 2.05) is 0 Å². The number of amides is 3. The molecule has 4 N–H and O–H groups in total. The second kappa shape index (κ2) is 9.73. The number of carbonyl (C=O) groups excluding carboxylic acids is 3. The van der Waals surface area contributed by atoms with Gasteiger partial charge in [-0.1, -0.05) is 40.2 Å². The molecular formula is C26H23BrN4O5. The second-order valence-electron chi connectivity index (χ2n) is 8.38. The zero-order chi connectivity index (χ0) is 25.3. The van der Waals surface area contributed by atoms with Gasteiger partial charge in [-0.05, 0) is 48.0 Å². The first-order valence-corrected chi connectivity index (χ1v) is 12.1. The Morgan fingerprint density at radius 2 is 1.75 bits per heavy atom. The van der Waals surface area contributed by atoms with Crippen LogP contribution in [0.25, 0.3) is 0 Å². The predicted octanol–water partition coefficient (Wildman–Crippen LogP) is 3.15. The average molecular weight is 551 g/mol. The average Bonchev–Trinajstić information content (AvgIpc) is 3.45. The van der Waals surface area contributed by atoms with Gasteiger partial charge in [0, 0.05) is 22.1 Å². The van der Waals surface area contributed by atoms with Crippen molar-refractivity contribution in [2.45, 2.75) is 12.3 Å². The predicted molar refractivity (Wildman–Crippen MR) is 137 cm³/mol. The fourth-order valence-corrected chi connectivity index (χ4v) is 4.60. The minimum atomic E-state index is -1.50. The van der Waals surface area contributed by atoms with Crippen LogP contribution in [0.2, 0.25) is 0 Å². The van der Waals surface area contributed by atoms with Gasteiger partial charge in [0.15, 0.2) is 0 Å². The number of benzene rings is 3. The number of carbonyl (C=O) groups is 3. The molecule has 3 amide bonds. The first kappa shape index (κ1) is 24.0. The quantitative estimate of drug-likeness (QED) is 0.405. The van der Waals surface area contributed by atoms with Crippen LogP contribution in [0.15, 0.2) is 71.2 Å². The lowest BCUT2D eigenvalue weighted by molar-refractivity contribution is -0.180. The molecule has 5 rings (SSSR count).